The number of fused-ring (bicyclic) bond motifs is 1. The molecule has 74 valence electrons. The third kappa shape index (κ3) is 1.39. The van der Waals surface area contributed by atoms with Crippen LogP contribution in [-0.2, 0) is 0 Å². The van der Waals surface area contributed by atoms with Gasteiger partial charge < -0.3 is 4.42 Å². The van der Waals surface area contributed by atoms with Crippen LogP contribution in [0.2, 0.25) is 0 Å². The van der Waals surface area contributed by atoms with Crippen molar-refractivity contribution in [1.29, 1.82) is 0 Å². The van der Waals surface area contributed by atoms with E-state index in [0.29, 0.717) is 5.58 Å². The number of rotatable bonds is 1. The molecule has 0 fully saturated rings. The van der Waals surface area contributed by atoms with Gasteiger partial charge in [-0.2, -0.15) is 0 Å². The topological polar surface area (TPSA) is 35.1 Å². The van der Waals surface area contributed by atoms with Gasteiger partial charge in [-0.1, -0.05) is 15.9 Å². The normalized spacial score (nSPS) is 11.4. The van der Waals surface area contributed by atoms with Gasteiger partial charge in [0.15, 0.2) is 5.58 Å². The lowest BCUT2D eigenvalue weighted by Crippen LogP contribution is -2.15. The summed E-state index contributed by atoms with van der Waals surface area (Å²) < 4.78 is 7.69. The summed E-state index contributed by atoms with van der Waals surface area (Å²) >= 11 is 3.37. The van der Waals surface area contributed by atoms with Crippen molar-refractivity contribution >= 4 is 27.0 Å². The van der Waals surface area contributed by atoms with E-state index in [4.69, 9.17) is 4.42 Å². The number of oxazole rings is 1. The second-order valence-electron chi connectivity index (χ2n) is 3.44. The van der Waals surface area contributed by atoms with Crippen molar-refractivity contribution in [2.24, 2.45) is 0 Å². The van der Waals surface area contributed by atoms with Crippen LogP contribution in [0.25, 0.3) is 11.1 Å². The molecule has 14 heavy (non-hydrogen) atoms. The van der Waals surface area contributed by atoms with Crippen LogP contribution in [0.1, 0.15) is 19.9 Å². The molecule has 1 aromatic carbocycles. The van der Waals surface area contributed by atoms with Crippen LogP contribution in [-0.4, -0.2) is 4.57 Å². The van der Waals surface area contributed by atoms with Gasteiger partial charge in [-0.15, -0.1) is 0 Å². The van der Waals surface area contributed by atoms with Gasteiger partial charge in [0.25, 0.3) is 0 Å². The van der Waals surface area contributed by atoms with E-state index < -0.39 is 0 Å². The Morgan fingerprint density at radius 1 is 1.43 bits per heavy atom. The number of hydrogen-bond acceptors (Lipinski definition) is 2. The molecule has 2 aromatic rings. The first-order chi connectivity index (χ1) is 6.59. The zero-order chi connectivity index (χ0) is 10.3. The Morgan fingerprint density at radius 3 is 2.79 bits per heavy atom. The summed E-state index contributed by atoms with van der Waals surface area (Å²) in [5.74, 6) is -0.298. The standard InChI is InChI=1S/C10H10BrNO2/c1-6(2)12-8-5-7(11)3-4-9(8)14-10(12)13/h3-6H,1-2H3. The maximum absolute atomic E-state index is 11.5. The molecule has 0 atom stereocenters. The monoisotopic (exact) mass is 255 g/mol. The van der Waals surface area contributed by atoms with Gasteiger partial charge in [0.1, 0.15) is 0 Å². The average molecular weight is 256 g/mol. The molecule has 1 heterocycles. The second-order valence-corrected chi connectivity index (χ2v) is 4.36. The van der Waals surface area contributed by atoms with E-state index in [0.717, 1.165) is 9.99 Å². The molecule has 0 aliphatic carbocycles. The van der Waals surface area contributed by atoms with E-state index in [-0.39, 0.29) is 11.8 Å². The van der Waals surface area contributed by atoms with E-state index in [1.54, 1.807) is 10.6 Å². The fourth-order valence-electron chi connectivity index (χ4n) is 1.50. The maximum Gasteiger partial charge on any atom is 0.420 e. The van der Waals surface area contributed by atoms with Gasteiger partial charge in [0.2, 0.25) is 0 Å². The van der Waals surface area contributed by atoms with Crippen molar-refractivity contribution in [3.63, 3.8) is 0 Å². The van der Waals surface area contributed by atoms with Gasteiger partial charge in [-0.3, -0.25) is 4.57 Å². The molecule has 0 amide bonds. The van der Waals surface area contributed by atoms with Crippen molar-refractivity contribution in [1.82, 2.24) is 4.57 Å². The van der Waals surface area contributed by atoms with Crippen LogP contribution in [0, 0.1) is 0 Å². The van der Waals surface area contributed by atoms with Crippen molar-refractivity contribution in [2.75, 3.05) is 0 Å². The third-order valence-corrected chi connectivity index (χ3v) is 2.58. The Labute approximate surface area is 89.5 Å². The van der Waals surface area contributed by atoms with Crippen molar-refractivity contribution in [3.8, 4) is 0 Å². The van der Waals surface area contributed by atoms with Gasteiger partial charge in [0.05, 0.1) is 5.52 Å². The number of hydrogen-bond donors (Lipinski definition) is 0. The summed E-state index contributed by atoms with van der Waals surface area (Å²) in [6, 6.07) is 5.65. The van der Waals surface area contributed by atoms with Gasteiger partial charge in [-0.25, -0.2) is 4.79 Å². The van der Waals surface area contributed by atoms with Crippen molar-refractivity contribution in [2.45, 2.75) is 19.9 Å². The summed E-state index contributed by atoms with van der Waals surface area (Å²) in [7, 11) is 0. The summed E-state index contributed by atoms with van der Waals surface area (Å²) in [5, 5.41) is 0. The minimum Gasteiger partial charge on any atom is -0.408 e. The maximum atomic E-state index is 11.5. The highest BCUT2D eigenvalue weighted by Crippen LogP contribution is 2.20. The fourth-order valence-corrected chi connectivity index (χ4v) is 1.84. The first kappa shape index (κ1) is 9.52. The first-order valence-electron chi connectivity index (χ1n) is 4.40. The van der Waals surface area contributed by atoms with Crippen LogP contribution < -0.4 is 5.76 Å². The van der Waals surface area contributed by atoms with Crippen LogP contribution in [0.5, 0.6) is 0 Å². The summed E-state index contributed by atoms with van der Waals surface area (Å²) in [5.41, 5.74) is 1.46. The summed E-state index contributed by atoms with van der Waals surface area (Å²) in [6.45, 7) is 3.91. The molecule has 0 N–H and O–H groups in total. The van der Waals surface area contributed by atoms with E-state index in [1.807, 2.05) is 26.0 Å². The predicted molar refractivity (Wildman–Crippen MR) is 58.6 cm³/mol. The number of aromatic nitrogens is 1. The van der Waals surface area contributed by atoms with Crippen LogP contribution in [0.4, 0.5) is 0 Å². The SMILES string of the molecule is CC(C)n1c(=O)oc2ccc(Br)cc21. The molecule has 0 unspecified atom stereocenters. The molecule has 1 aromatic heterocycles. The lowest BCUT2D eigenvalue weighted by molar-refractivity contribution is 0.478. The lowest BCUT2D eigenvalue weighted by atomic mass is 10.3. The fraction of sp³-hybridized carbons (Fsp3) is 0.300. The smallest absolute Gasteiger partial charge is 0.408 e. The largest absolute Gasteiger partial charge is 0.420 e. The molecule has 4 heteroatoms. The lowest BCUT2D eigenvalue weighted by Gasteiger charge is -2.04. The zero-order valence-electron chi connectivity index (χ0n) is 7.95. The van der Waals surface area contributed by atoms with E-state index in [2.05, 4.69) is 15.9 Å². The van der Waals surface area contributed by atoms with Crippen LogP contribution in [0.15, 0.2) is 31.9 Å². The zero-order valence-corrected chi connectivity index (χ0v) is 9.54. The van der Waals surface area contributed by atoms with E-state index >= 15 is 0 Å². The molecule has 0 aliphatic heterocycles. The molecule has 0 saturated carbocycles. The molecule has 0 bridgehead atoms. The highest BCUT2D eigenvalue weighted by atomic mass is 79.9. The van der Waals surface area contributed by atoms with Crippen LogP contribution >= 0.6 is 15.9 Å². The third-order valence-electron chi connectivity index (χ3n) is 2.09. The predicted octanol–water partition coefficient (Wildman–Crippen LogP) is 2.94. The summed E-state index contributed by atoms with van der Waals surface area (Å²) in [6.07, 6.45) is 0. The molecule has 0 radical (unpaired) electrons. The molecule has 0 aliphatic rings. The van der Waals surface area contributed by atoms with Crippen molar-refractivity contribution < 1.29 is 4.42 Å². The van der Waals surface area contributed by atoms with Gasteiger partial charge in [-0.05, 0) is 32.0 Å². The highest BCUT2D eigenvalue weighted by Gasteiger charge is 2.11. The quantitative estimate of drug-likeness (QED) is 0.786. The van der Waals surface area contributed by atoms with Crippen molar-refractivity contribution in [3.05, 3.63) is 33.2 Å². The molecule has 3 nitrogen and oxygen atoms in total. The average Bonchev–Trinajstić information content (AvgIpc) is 2.40. The van der Waals surface area contributed by atoms with Gasteiger partial charge in [0, 0.05) is 10.5 Å². The number of nitrogens with zero attached hydrogens (tertiary/aromatic N) is 1. The Balaban J connectivity index is 2.86. The molecule has 0 saturated heterocycles. The Kier molecular flexibility index (Phi) is 2.23. The Bertz CT molecular complexity index is 524. The second kappa shape index (κ2) is 3.28. The molecule has 2 rings (SSSR count). The minimum absolute atomic E-state index is 0.109. The highest BCUT2D eigenvalue weighted by molar-refractivity contribution is 9.10. The minimum atomic E-state index is -0.298. The Morgan fingerprint density at radius 2 is 2.14 bits per heavy atom. The molecular weight excluding hydrogens is 246 g/mol. The van der Waals surface area contributed by atoms with E-state index in [9.17, 15) is 4.79 Å². The number of benzene rings is 1. The van der Waals surface area contributed by atoms with Gasteiger partial charge >= 0.3 is 5.76 Å². The van der Waals surface area contributed by atoms with Crippen LogP contribution in [0.3, 0.4) is 0 Å². The number of halogens is 1. The molecule has 0 spiro atoms. The summed E-state index contributed by atoms with van der Waals surface area (Å²) in [4.78, 5) is 11.5. The van der Waals surface area contributed by atoms with E-state index in [1.165, 1.54) is 0 Å². The Hall–Kier alpha value is -1.03. The first-order valence-corrected chi connectivity index (χ1v) is 5.19. The molecular formula is C10H10BrNO2.